The van der Waals surface area contributed by atoms with Crippen molar-refractivity contribution in [2.75, 3.05) is 0 Å². The third-order valence-electron chi connectivity index (χ3n) is 3.98. The Kier molecular flexibility index (Phi) is 4.36. The molecule has 1 unspecified atom stereocenters. The number of ether oxygens (including phenoxy) is 1. The number of nitro groups is 1. The van der Waals surface area contributed by atoms with Gasteiger partial charge in [-0.3, -0.25) is 19.6 Å². The maximum atomic E-state index is 11.9. The summed E-state index contributed by atoms with van der Waals surface area (Å²) in [6.07, 6.45) is 5.03. The highest BCUT2D eigenvalue weighted by Crippen LogP contribution is 2.23. The van der Waals surface area contributed by atoms with Gasteiger partial charge in [-0.15, -0.1) is 0 Å². The first-order valence-corrected chi connectivity index (χ1v) is 7.55. The topological polar surface area (TPSA) is 87.3 Å². The van der Waals surface area contributed by atoms with Gasteiger partial charge in [0.2, 0.25) is 0 Å². The molecule has 3 rings (SSSR count). The third-order valence-corrected chi connectivity index (χ3v) is 3.98. The van der Waals surface area contributed by atoms with Gasteiger partial charge < -0.3 is 4.74 Å². The van der Waals surface area contributed by atoms with E-state index >= 15 is 0 Å². The molecule has 0 saturated carbocycles. The summed E-state index contributed by atoms with van der Waals surface area (Å²) in [6, 6.07) is 8.19. The molecule has 0 fully saturated rings. The largest absolute Gasteiger partial charge is 0.462 e. The molecule has 0 radical (unpaired) electrons. The van der Waals surface area contributed by atoms with Gasteiger partial charge in [0.15, 0.2) is 0 Å². The normalized spacial score (nSPS) is 16.6. The molecule has 0 N–H and O–H groups in total. The fourth-order valence-electron chi connectivity index (χ4n) is 2.78. The van der Waals surface area contributed by atoms with E-state index in [1.54, 1.807) is 0 Å². The number of carbonyl (C=O) groups excluding carboxylic acids is 1. The van der Waals surface area contributed by atoms with E-state index in [9.17, 15) is 14.9 Å². The van der Waals surface area contributed by atoms with E-state index in [1.807, 2.05) is 12.1 Å². The summed E-state index contributed by atoms with van der Waals surface area (Å²) in [5, 5.41) is 14.4. The Morgan fingerprint density at radius 1 is 1.39 bits per heavy atom. The monoisotopic (exact) mass is 315 g/mol. The van der Waals surface area contributed by atoms with E-state index < -0.39 is 4.92 Å². The lowest BCUT2D eigenvalue weighted by atomic mass is 9.90. The number of fused-ring (bicyclic) bond motifs is 1. The van der Waals surface area contributed by atoms with Gasteiger partial charge in [0.1, 0.15) is 18.5 Å². The summed E-state index contributed by atoms with van der Waals surface area (Å²) in [5.74, 6) is -0.299. The fraction of sp³-hybridized carbons (Fsp3) is 0.375. The van der Waals surface area contributed by atoms with Crippen molar-refractivity contribution in [2.45, 2.75) is 38.3 Å². The quantitative estimate of drug-likeness (QED) is 0.480. The highest BCUT2D eigenvalue weighted by molar-refractivity contribution is 5.69. The molecule has 1 aliphatic rings. The molecule has 1 aromatic carbocycles. The first-order valence-electron chi connectivity index (χ1n) is 7.55. The molecule has 7 nitrogen and oxygen atoms in total. The van der Waals surface area contributed by atoms with Crippen molar-refractivity contribution in [3.05, 3.63) is 57.9 Å². The van der Waals surface area contributed by atoms with Crippen LogP contribution in [0.1, 0.15) is 24.0 Å². The summed E-state index contributed by atoms with van der Waals surface area (Å²) in [5.41, 5.74) is 2.48. The molecule has 1 aromatic heterocycles. The first-order chi connectivity index (χ1) is 11.1. The second-order valence-corrected chi connectivity index (χ2v) is 5.59. The number of hydrogen-bond acceptors (Lipinski definition) is 5. The van der Waals surface area contributed by atoms with E-state index in [0.29, 0.717) is 0 Å². The predicted molar refractivity (Wildman–Crippen MR) is 81.8 cm³/mol. The van der Waals surface area contributed by atoms with Crippen LogP contribution in [0.2, 0.25) is 0 Å². The summed E-state index contributed by atoms with van der Waals surface area (Å²) in [4.78, 5) is 22.0. The zero-order valence-corrected chi connectivity index (χ0v) is 12.6. The minimum absolute atomic E-state index is 0.0812. The predicted octanol–water partition coefficient (Wildman–Crippen LogP) is 2.28. The zero-order chi connectivity index (χ0) is 16.2. The van der Waals surface area contributed by atoms with E-state index in [0.717, 1.165) is 19.3 Å². The molecule has 2 aromatic rings. The van der Waals surface area contributed by atoms with Crippen molar-refractivity contribution in [3.8, 4) is 0 Å². The minimum atomic E-state index is -0.513. The fourth-order valence-corrected chi connectivity index (χ4v) is 2.78. The van der Waals surface area contributed by atoms with Gasteiger partial charge in [0, 0.05) is 6.42 Å². The molecule has 7 heteroatoms. The Labute approximate surface area is 133 Å². The number of aryl methyl sites for hydroxylation is 2. The van der Waals surface area contributed by atoms with Gasteiger partial charge in [0.25, 0.3) is 0 Å². The average molecular weight is 315 g/mol. The lowest BCUT2D eigenvalue weighted by Crippen LogP contribution is -2.26. The van der Waals surface area contributed by atoms with E-state index in [-0.39, 0.29) is 30.7 Å². The second-order valence-electron chi connectivity index (χ2n) is 5.59. The number of nitrogens with zero attached hydrogens (tertiary/aromatic N) is 3. The molecular formula is C16H17N3O4. The number of benzene rings is 1. The van der Waals surface area contributed by atoms with Crippen molar-refractivity contribution >= 4 is 11.7 Å². The van der Waals surface area contributed by atoms with Crippen LogP contribution in [0, 0.1) is 10.1 Å². The standard InChI is InChI=1S/C16H17N3O4/c20-16(7-8-18-11-14(10-17-18)19(21)22)23-15-6-5-12-3-1-2-4-13(12)9-15/h1-4,10-11,15H,5-9H2. The number of esters is 1. The van der Waals surface area contributed by atoms with Crippen LogP contribution in [0.3, 0.4) is 0 Å². The molecule has 0 aliphatic heterocycles. The van der Waals surface area contributed by atoms with Crippen molar-refractivity contribution < 1.29 is 14.5 Å². The zero-order valence-electron chi connectivity index (χ0n) is 12.6. The maximum absolute atomic E-state index is 11.9. The number of aromatic nitrogens is 2. The van der Waals surface area contributed by atoms with Gasteiger partial charge in [-0.05, 0) is 24.0 Å². The molecule has 1 heterocycles. The highest BCUT2D eigenvalue weighted by atomic mass is 16.6. The molecule has 0 amide bonds. The SMILES string of the molecule is O=C(CCn1cc([N+](=O)[O-])cn1)OC1CCc2ccccc2C1. The summed E-state index contributed by atoms with van der Waals surface area (Å²) >= 11 is 0. The third kappa shape index (κ3) is 3.74. The molecule has 120 valence electrons. The van der Waals surface area contributed by atoms with E-state index in [1.165, 1.54) is 28.2 Å². The Morgan fingerprint density at radius 2 is 2.17 bits per heavy atom. The molecule has 23 heavy (non-hydrogen) atoms. The Bertz CT molecular complexity index is 726. The van der Waals surface area contributed by atoms with Gasteiger partial charge in [0.05, 0.1) is 17.9 Å². The maximum Gasteiger partial charge on any atom is 0.307 e. The number of carbonyl (C=O) groups is 1. The van der Waals surface area contributed by atoms with Crippen LogP contribution >= 0.6 is 0 Å². The van der Waals surface area contributed by atoms with Gasteiger partial charge in [-0.2, -0.15) is 5.10 Å². The van der Waals surface area contributed by atoms with Crippen LogP contribution in [0.15, 0.2) is 36.7 Å². The van der Waals surface area contributed by atoms with Crippen molar-refractivity contribution in [2.24, 2.45) is 0 Å². The molecule has 0 saturated heterocycles. The highest BCUT2D eigenvalue weighted by Gasteiger charge is 2.21. The van der Waals surface area contributed by atoms with E-state index in [4.69, 9.17) is 4.74 Å². The lowest BCUT2D eigenvalue weighted by Gasteiger charge is -2.24. The molecule has 1 aliphatic carbocycles. The van der Waals surface area contributed by atoms with Crippen molar-refractivity contribution in [3.63, 3.8) is 0 Å². The first kappa shape index (κ1) is 15.2. The number of hydrogen-bond donors (Lipinski definition) is 0. The Balaban J connectivity index is 1.49. The summed E-state index contributed by atoms with van der Waals surface area (Å²) in [6.45, 7) is 0.274. The van der Waals surface area contributed by atoms with Crippen LogP contribution in [0.4, 0.5) is 5.69 Å². The molecule has 1 atom stereocenters. The van der Waals surface area contributed by atoms with Crippen LogP contribution in [0.5, 0.6) is 0 Å². The van der Waals surface area contributed by atoms with Crippen molar-refractivity contribution in [1.29, 1.82) is 0 Å². The average Bonchev–Trinajstić information content (AvgIpc) is 3.02. The van der Waals surface area contributed by atoms with Gasteiger partial charge >= 0.3 is 11.7 Å². The minimum Gasteiger partial charge on any atom is -0.462 e. The Hall–Kier alpha value is -2.70. The van der Waals surface area contributed by atoms with Crippen LogP contribution in [-0.4, -0.2) is 26.8 Å². The Morgan fingerprint density at radius 3 is 2.91 bits per heavy atom. The second kappa shape index (κ2) is 6.60. The van der Waals surface area contributed by atoms with Crippen molar-refractivity contribution in [1.82, 2.24) is 9.78 Å². The summed E-state index contributed by atoms with van der Waals surface area (Å²) in [7, 11) is 0. The lowest BCUT2D eigenvalue weighted by molar-refractivity contribution is -0.385. The van der Waals surface area contributed by atoms with Crippen LogP contribution < -0.4 is 0 Å². The molecule has 0 bridgehead atoms. The molecular weight excluding hydrogens is 298 g/mol. The smallest absolute Gasteiger partial charge is 0.307 e. The van der Waals surface area contributed by atoms with E-state index in [2.05, 4.69) is 17.2 Å². The van der Waals surface area contributed by atoms with Crippen LogP contribution in [-0.2, 0) is 28.9 Å². The van der Waals surface area contributed by atoms with Gasteiger partial charge in [-0.25, -0.2) is 0 Å². The van der Waals surface area contributed by atoms with Crippen LogP contribution in [0.25, 0.3) is 0 Å². The number of rotatable bonds is 5. The molecule has 0 spiro atoms. The summed E-state index contributed by atoms with van der Waals surface area (Å²) < 4.78 is 6.89. The van der Waals surface area contributed by atoms with Gasteiger partial charge in [-0.1, -0.05) is 24.3 Å².